The monoisotopic (exact) mass is 426 g/mol. The van der Waals surface area contributed by atoms with Crippen LogP contribution in [-0.2, 0) is 10.4 Å². The number of hydrogen-bond acceptors (Lipinski definition) is 3. The second kappa shape index (κ2) is 8.99. The van der Waals surface area contributed by atoms with Crippen molar-refractivity contribution < 1.29 is 14.3 Å². The third-order valence-electron chi connectivity index (χ3n) is 6.03. The van der Waals surface area contributed by atoms with Gasteiger partial charge in [0.25, 0.3) is 0 Å². The van der Waals surface area contributed by atoms with Crippen molar-refractivity contribution >= 4 is 17.3 Å². The lowest BCUT2D eigenvalue weighted by Gasteiger charge is -2.28. The second-order valence-corrected chi connectivity index (χ2v) is 10.1. The van der Waals surface area contributed by atoms with E-state index in [-0.39, 0.29) is 17.1 Å². The van der Waals surface area contributed by atoms with Gasteiger partial charge in [-0.3, -0.25) is 4.79 Å². The lowest BCUT2D eigenvalue weighted by atomic mass is 9.87. The molecule has 5 heteroatoms. The summed E-state index contributed by atoms with van der Waals surface area (Å²) >= 11 is 0. The highest BCUT2D eigenvalue weighted by Crippen LogP contribution is 2.35. The van der Waals surface area contributed by atoms with E-state index in [0.29, 0.717) is 25.8 Å². The van der Waals surface area contributed by atoms with Crippen LogP contribution in [0.25, 0.3) is 0 Å². The molecular weight excluding hydrogens is 391 g/mol. The Morgan fingerprint density at radius 3 is 2.29 bits per heavy atom. The van der Waals surface area contributed by atoms with E-state index < -0.39 is 5.60 Å². The van der Waals surface area contributed by atoms with Crippen molar-refractivity contribution in [1.82, 2.24) is 0 Å². The number of carbonyl (C=O) groups is 1. The van der Waals surface area contributed by atoms with Crippen LogP contribution in [0, 0.1) is 25.1 Å². The second-order valence-electron chi connectivity index (χ2n) is 10.1. The lowest BCUT2D eigenvalue weighted by Crippen LogP contribution is -2.29. The first-order valence-corrected chi connectivity index (χ1v) is 11.1. The molecule has 3 rings (SSSR count). The summed E-state index contributed by atoms with van der Waals surface area (Å²) in [5.74, 6) is -0.256. The smallest absolute Gasteiger partial charge is 0.224 e. The van der Waals surface area contributed by atoms with Gasteiger partial charge in [0.2, 0.25) is 5.91 Å². The normalized spacial score (nSPS) is 19.8. The topological polar surface area (TPSA) is 52.6 Å². The molecule has 0 aliphatic carbocycles. The van der Waals surface area contributed by atoms with Gasteiger partial charge in [-0.15, -0.1) is 0 Å². The molecule has 1 heterocycles. The van der Waals surface area contributed by atoms with E-state index in [9.17, 15) is 14.3 Å². The Morgan fingerprint density at radius 1 is 1.10 bits per heavy atom. The molecule has 1 aliphatic rings. The highest BCUT2D eigenvalue weighted by molar-refractivity contribution is 5.93. The molecule has 2 aromatic rings. The van der Waals surface area contributed by atoms with Gasteiger partial charge in [0, 0.05) is 30.9 Å². The van der Waals surface area contributed by atoms with Crippen LogP contribution in [0.2, 0.25) is 0 Å². The molecule has 0 radical (unpaired) electrons. The van der Waals surface area contributed by atoms with Gasteiger partial charge < -0.3 is 15.3 Å². The maximum absolute atomic E-state index is 13.3. The standard InChI is InChI=1S/C26H35FN2O2/c1-18-15-22(16-19(2)24(18)28-23(30)17-25(3,4)5)29-13-6-11-26(31,12-14-29)20-7-9-21(27)10-8-20/h7-10,15-16,31H,6,11-14,17H2,1-5H3,(H,28,30). The summed E-state index contributed by atoms with van der Waals surface area (Å²) in [5.41, 5.74) is 3.85. The average Bonchev–Trinajstić information content (AvgIpc) is 2.86. The SMILES string of the molecule is Cc1cc(N2CCCC(O)(c3ccc(F)cc3)CC2)cc(C)c1NC(=O)CC(C)(C)C. The van der Waals surface area contributed by atoms with E-state index in [1.165, 1.54) is 12.1 Å². The number of nitrogens with zero attached hydrogens (tertiary/aromatic N) is 1. The van der Waals surface area contributed by atoms with Gasteiger partial charge in [-0.25, -0.2) is 4.39 Å². The van der Waals surface area contributed by atoms with Gasteiger partial charge in [-0.05, 0) is 79.5 Å². The van der Waals surface area contributed by atoms with Crippen molar-refractivity contribution in [3.05, 3.63) is 58.9 Å². The quantitative estimate of drug-likeness (QED) is 0.660. The van der Waals surface area contributed by atoms with Gasteiger partial charge in [-0.1, -0.05) is 32.9 Å². The molecule has 0 aromatic heterocycles. The summed E-state index contributed by atoms with van der Waals surface area (Å²) < 4.78 is 13.3. The van der Waals surface area contributed by atoms with Crippen molar-refractivity contribution in [1.29, 1.82) is 0 Å². The third-order valence-corrected chi connectivity index (χ3v) is 6.03. The molecule has 0 bridgehead atoms. The zero-order chi connectivity index (χ0) is 22.8. The Morgan fingerprint density at radius 2 is 1.71 bits per heavy atom. The summed E-state index contributed by atoms with van der Waals surface area (Å²) in [4.78, 5) is 14.7. The Hall–Kier alpha value is -2.40. The van der Waals surface area contributed by atoms with Crippen molar-refractivity contribution in [2.75, 3.05) is 23.3 Å². The zero-order valence-electron chi connectivity index (χ0n) is 19.4. The minimum Gasteiger partial charge on any atom is -0.385 e. The lowest BCUT2D eigenvalue weighted by molar-refractivity contribution is -0.117. The van der Waals surface area contributed by atoms with E-state index in [0.717, 1.165) is 41.0 Å². The zero-order valence-corrected chi connectivity index (χ0v) is 19.4. The number of anilines is 2. The predicted molar refractivity (Wildman–Crippen MR) is 125 cm³/mol. The van der Waals surface area contributed by atoms with Crippen LogP contribution in [0.15, 0.2) is 36.4 Å². The molecule has 2 aromatic carbocycles. The van der Waals surface area contributed by atoms with E-state index in [2.05, 4.69) is 43.1 Å². The summed E-state index contributed by atoms with van der Waals surface area (Å²) in [6, 6.07) is 10.4. The number of benzene rings is 2. The highest BCUT2D eigenvalue weighted by Gasteiger charge is 2.32. The molecule has 1 amide bonds. The number of rotatable bonds is 4. The molecule has 1 fully saturated rings. The molecule has 0 saturated carbocycles. The number of hydrogen-bond donors (Lipinski definition) is 2. The van der Waals surface area contributed by atoms with Crippen molar-refractivity contribution in [3.8, 4) is 0 Å². The number of amides is 1. The fourth-order valence-corrected chi connectivity index (χ4v) is 4.41. The van der Waals surface area contributed by atoms with Crippen LogP contribution < -0.4 is 10.2 Å². The molecule has 1 aliphatic heterocycles. The van der Waals surface area contributed by atoms with E-state index in [1.807, 2.05) is 13.8 Å². The van der Waals surface area contributed by atoms with Gasteiger partial charge in [0.1, 0.15) is 5.82 Å². The van der Waals surface area contributed by atoms with Crippen LogP contribution in [0.5, 0.6) is 0 Å². The molecule has 0 spiro atoms. The largest absolute Gasteiger partial charge is 0.385 e. The third kappa shape index (κ3) is 5.85. The van der Waals surface area contributed by atoms with Crippen LogP contribution >= 0.6 is 0 Å². The number of aryl methyl sites for hydroxylation is 2. The number of nitrogens with one attached hydrogen (secondary N) is 1. The van der Waals surface area contributed by atoms with Crippen molar-refractivity contribution in [3.63, 3.8) is 0 Å². The fraction of sp³-hybridized carbons (Fsp3) is 0.500. The van der Waals surface area contributed by atoms with Crippen molar-refractivity contribution in [2.24, 2.45) is 5.41 Å². The van der Waals surface area contributed by atoms with E-state index in [4.69, 9.17) is 0 Å². The predicted octanol–water partition coefficient (Wildman–Crippen LogP) is 5.70. The van der Waals surface area contributed by atoms with Crippen molar-refractivity contribution in [2.45, 2.75) is 65.9 Å². The Balaban J connectivity index is 1.74. The first-order valence-electron chi connectivity index (χ1n) is 11.1. The van der Waals surface area contributed by atoms with Gasteiger partial charge in [0.15, 0.2) is 0 Å². The maximum Gasteiger partial charge on any atom is 0.224 e. The molecular formula is C26H35FN2O2. The van der Waals surface area contributed by atoms with Crippen LogP contribution in [0.4, 0.5) is 15.8 Å². The van der Waals surface area contributed by atoms with Gasteiger partial charge >= 0.3 is 0 Å². The Bertz CT molecular complexity index is 910. The fourth-order valence-electron chi connectivity index (χ4n) is 4.41. The Labute approximate surface area is 185 Å². The average molecular weight is 427 g/mol. The molecule has 2 N–H and O–H groups in total. The minimum absolute atomic E-state index is 0.0329. The van der Waals surface area contributed by atoms with Gasteiger partial charge in [-0.2, -0.15) is 0 Å². The summed E-state index contributed by atoms with van der Waals surface area (Å²) in [6.45, 7) is 11.8. The number of halogens is 1. The maximum atomic E-state index is 13.3. The molecule has 1 saturated heterocycles. The van der Waals surface area contributed by atoms with Crippen LogP contribution in [0.3, 0.4) is 0 Å². The highest BCUT2D eigenvalue weighted by atomic mass is 19.1. The molecule has 1 atom stereocenters. The van der Waals surface area contributed by atoms with Crippen LogP contribution in [-0.4, -0.2) is 24.1 Å². The summed E-state index contributed by atoms with van der Waals surface area (Å²) in [5, 5.41) is 14.3. The molecule has 168 valence electrons. The molecule has 1 unspecified atom stereocenters. The summed E-state index contributed by atoms with van der Waals surface area (Å²) in [6.07, 6.45) is 2.55. The molecule has 4 nitrogen and oxygen atoms in total. The number of aliphatic hydroxyl groups is 1. The molecule has 31 heavy (non-hydrogen) atoms. The van der Waals surface area contributed by atoms with Gasteiger partial charge in [0.05, 0.1) is 5.60 Å². The Kier molecular flexibility index (Phi) is 6.75. The van der Waals surface area contributed by atoms with E-state index in [1.54, 1.807) is 12.1 Å². The van der Waals surface area contributed by atoms with E-state index >= 15 is 0 Å². The first-order chi connectivity index (χ1) is 14.5. The summed E-state index contributed by atoms with van der Waals surface area (Å²) in [7, 11) is 0. The first kappa shape index (κ1) is 23.3. The number of carbonyl (C=O) groups excluding carboxylic acids is 1. The minimum atomic E-state index is -0.937. The van der Waals surface area contributed by atoms with Crippen LogP contribution in [0.1, 0.15) is 63.1 Å².